The molecule has 0 aliphatic heterocycles. The van der Waals surface area contributed by atoms with E-state index in [4.69, 9.17) is 19.4 Å². The Labute approximate surface area is 197 Å². The molecule has 0 aromatic heterocycles. The third-order valence-corrected chi connectivity index (χ3v) is 6.75. The number of benzene rings is 5. The molecule has 5 aromatic rings. The average molecular weight is 480 g/mol. The lowest BCUT2D eigenvalue weighted by molar-refractivity contribution is 1.57. The second kappa shape index (κ2) is 8.38. The third kappa shape index (κ3) is 3.82. The van der Waals surface area contributed by atoms with Gasteiger partial charge in [-0.25, -0.2) is 0 Å². The predicted octanol–water partition coefficient (Wildman–Crippen LogP) is 8.05. The minimum Gasteiger partial charge on any atom is -0.0890 e. The highest BCUT2D eigenvalue weighted by Crippen LogP contribution is 2.39. The molecule has 0 aliphatic rings. The number of halogens is 2. The maximum atomic E-state index is 6.56. The van der Waals surface area contributed by atoms with E-state index in [0.717, 1.165) is 48.3 Å². The second-order valence-electron chi connectivity index (χ2n) is 7.51. The van der Waals surface area contributed by atoms with Crippen molar-refractivity contribution in [2.45, 2.75) is 0 Å². The van der Waals surface area contributed by atoms with Gasteiger partial charge >= 0.3 is 0 Å². The molecule has 0 N–H and O–H groups in total. The monoisotopic (exact) mass is 478 g/mol. The molecular weight excluding hydrogens is 462 g/mol. The summed E-state index contributed by atoms with van der Waals surface area (Å²) >= 11 is 10.4. The SMILES string of the molecule is [B]c1ccccc1-c1cc(-c2ccccc2Cl)cc(-c2ccc3ccccc3c2Br)c1. The van der Waals surface area contributed by atoms with Crippen LogP contribution in [0.2, 0.25) is 5.02 Å². The molecule has 0 nitrogen and oxygen atoms in total. The summed E-state index contributed by atoms with van der Waals surface area (Å²) in [6.45, 7) is 0. The van der Waals surface area contributed by atoms with Crippen molar-refractivity contribution in [2.24, 2.45) is 0 Å². The fourth-order valence-electron chi connectivity index (χ4n) is 4.01. The van der Waals surface area contributed by atoms with Crippen LogP contribution in [-0.4, -0.2) is 7.85 Å². The maximum Gasteiger partial charge on any atom is 0.114 e. The molecule has 0 spiro atoms. The van der Waals surface area contributed by atoms with E-state index in [1.807, 2.05) is 36.4 Å². The van der Waals surface area contributed by atoms with Crippen LogP contribution in [0.3, 0.4) is 0 Å². The lowest BCUT2D eigenvalue weighted by Gasteiger charge is -2.15. The molecule has 5 rings (SSSR count). The quantitative estimate of drug-likeness (QED) is 0.230. The van der Waals surface area contributed by atoms with Gasteiger partial charge in [-0.05, 0) is 78.8 Å². The Morgan fingerprint density at radius 1 is 0.581 bits per heavy atom. The van der Waals surface area contributed by atoms with Gasteiger partial charge in [0, 0.05) is 15.1 Å². The molecule has 0 unspecified atom stereocenters. The van der Waals surface area contributed by atoms with Gasteiger partial charge < -0.3 is 0 Å². The molecule has 0 saturated carbocycles. The van der Waals surface area contributed by atoms with E-state index >= 15 is 0 Å². The zero-order valence-electron chi connectivity index (χ0n) is 16.6. The van der Waals surface area contributed by atoms with Gasteiger partial charge in [0.25, 0.3) is 0 Å². The summed E-state index contributed by atoms with van der Waals surface area (Å²) in [5.74, 6) is 0. The van der Waals surface area contributed by atoms with Crippen molar-refractivity contribution in [3.8, 4) is 33.4 Å². The largest absolute Gasteiger partial charge is 0.114 e. The summed E-state index contributed by atoms with van der Waals surface area (Å²) in [5.41, 5.74) is 7.11. The van der Waals surface area contributed by atoms with E-state index in [2.05, 4.69) is 82.7 Å². The molecule has 0 bridgehead atoms. The molecule has 0 heterocycles. The van der Waals surface area contributed by atoms with E-state index in [1.54, 1.807) is 0 Å². The number of hydrogen-bond donors (Lipinski definition) is 0. The van der Waals surface area contributed by atoms with Crippen LogP contribution >= 0.6 is 27.5 Å². The Bertz CT molecular complexity index is 1360. The van der Waals surface area contributed by atoms with Crippen molar-refractivity contribution in [1.82, 2.24) is 0 Å². The van der Waals surface area contributed by atoms with Crippen LogP contribution in [0.15, 0.2) is 108 Å². The zero-order valence-corrected chi connectivity index (χ0v) is 19.0. The first kappa shape index (κ1) is 20.1. The second-order valence-corrected chi connectivity index (χ2v) is 8.71. The maximum absolute atomic E-state index is 6.56. The first-order chi connectivity index (χ1) is 15.1. The Morgan fingerprint density at radius 2 is 1.16 bits per heavy atom. The van der Waals surface area contributed by atoms with Crippen molar-refractivity contribution in [3.63, 3.8) is 0 Å². The fraction of sp³-hybridized carbons (Fsp3) is 0. The van der Waals surface area contributed by atoms with Crippen molar-refractivity contribution in [2.75, 3.05) is 0 Å². The number of rotatable bonds is 3. The average Bonchev–Trinajstić information content (AvgIpc) is 2.80. The molecule has 0 fully saturated rings. The van der Waals surface area contributed by atoms with Crippen molar-refractivity contribution in [1.29, 1.82) is 0 Å². The van der Waals surface area contributed by atoms with Gasteiger partial charge in [-0.3, -0.25) is 0 Å². The molecule has 5 aromatic carbocycles. The zero-order chi connectivity index (χ0) is 21.4. The summed E-state index contributed by atoms with van der Waals surface area (Å²) in [6, 6.07) is 35.1. The van der Waals surface area contributed by atoms with Gasteiger partial charge in [0.1, 0.15) is 7.85 Å². The third-order valence-electron chi connectivity index (χ3n) is 5.56. The summed E-state index contributed by atoms with van der Waals surface area (Å²) < 4.78 is 1.08. The molecule has 2 radical (unpaired) electrons. The molecular formula is C28H17BBrCl. The van der Waals surface area contributed by atoms with E-state index in [-0.39, 0.29) is 0 Å². The minimum atomic E-state index is 0.726. The Morgan fingerprint density at radius 3 is 1.90 bits per heavy atom. The molecule has 0 saturated heterocycles. The highest BCUT2D eigenvalue weighted by atomic mass is 79.9. The van der Waals surface area contributed by atoms with Gasteiger partial charge in [-0.1, -0.05) is 95.9 Å². The molecule has 3 heteroatoms. The van der Waals surface area contributed by atoms with E-state index < -0.39 is 0 Å². The van der Waals surface area contributed by atoms with Crippen LogP contribution in [0.5, 0.6) is 0 Å². The minimum absolute atomic E-state index is 0.726. The summed E-state index contributed by atoms with van der Waals surface area (Å²) in [5, 5.41) is 3.11. The van der Waals surface area contributed by atoms with Crippen LogP contribution in [0.1, 0.15) is 0 Å². The lowest BCUT2D eigenvalue weighted by Crippen LogP contribution is -2.05. The van der Waals surface area contributed by atoms with Crippen LogP contribution in [0, 0.1) is 0 Å². The first-order valence-electron chi connectivity index (χ1n) is 10.0. The Hall–Kier alpha value is -2.81. The first-order valence-corrected chi connectivity index (χ1v) is 11.2. The summed E-state index contributed by atoms with van der Waals surface area (Å²) in [4.78, 5) is 0. The Balaban J connectivity index is 1.79. The highest BCUT2D eigenvalue weighted by molar-refractivity contribution is 9.10. The molecule has 0 amide bonds. The number of fused-ring (bicyclic) bond motifs is 1. The highest BCUT2D eigenvalue weighted by Gasteiger charge is 2.13. The van der Waals surface area contributed by atoms with Crippen molar-refractivity contribution < 1.29 is 0 Å². The van der Waals surface area contributed by atoms with Crippen molar-refractivity contribution in [3.05, 3.63) is 113 Å². The molecule has 146 valence electrons. The number of hydrogen-bond acceptors (Lipinski definition) is 0. The van der Waals surface area contributed by atoms with Gasteiger partial charge in [0.2, 0.25) is 0 Å². The van der Waals surface area contributed by atoms with Gasteiger partial charge in [0.15, 0.2) is 0 Å². The van der Waals surface area contributed by atoms with Gasteiger partial charge in [-0.2, -0.15) is 0 Å². The van der Waals surface area contributed by atoms with Crippen LogP contribution in [-0.2, 0) is 0 Å². The fourth-order valence-corrected chi connectivity index (χ4v) is 4.97. The molecule has 31 heavy (non-hydrogen) atoms. The Kier molecular flexibility index (Phi) is 5.44. The topological polar surface area (TPSA) is 0 Å². The van der Waals surface area contributed by atoms with E-state index in [1.165, 1.54) is 10.8 Å². The van der Waals surface area contributed by atoms with E-state index in [9.17, 15) is 0 Å². The summed E-state index contributed by atoms with van der Waals surface area (Å²) in [6.07, 6.45) is 0. The predicted molar refractivity (Wildman–Crippen MR) is 138 cm³/mol. The van der Waals surface area contributed by atoms with Crippen molar-refractivity contribution >= 4 is 51.6 Å². The molecule has 0 aliphatic carbocycles. The standard InChI is InChI=1S/C28H17BBrCl/c29-26-11-5-3-8-22(26)19-15-20(23-9-4-6-12-27(23)31)17-21(16-19)25-14-13-18-7-1-2-10-24(18)28(25)30/h1-17H. The van der Waals surface area contributed by atoms with Gasteiger partial charge in [-0.15, -0.1) is 0 Å². The normalized spacial score (nSPS) is 11.0. The van der Waals surface area contributed by atoms with Crippen LogP contribution in [0.4, 0.5) is 0 Å². The molecule has 0 atom stereocenters. The van der Waals surface area contributed by atoms with Crippen LogP contribution < -0.4 is 5.46 Å². The lowest BCUT2D eigenvalue weighted by atomic mass is 9.85. The van der Waals surface area contributed by atoms with Gasteiger partial charge in [0.05, 0.1) is 0 Å². The smallest absolute Gasteiger partial charge is 0.0890 e. The summed E-state index contributed by atoms with van der Waals surface area (Å²) in [7, 11) is 6.33. The van der Waals surface area contributed by atoms with E-state index in [0.29, 0.717) is 0 Å². The van der Waals surface area contributed by atoms with Crippen LogP contribution in [0.25, 0.3) is 44.2 Å².